The van der Waals surface area contributed by atoms with E-state index in [1.807, 2.05) is 6.92 Å². The molecule has 0 heterocycles. The minimum absolute atomic E-state index is 0.0813. The van der Waals surface area contributed by atoms with E-state index in [0.717, 1.165) is 19.3 Å². The maximum Gasteiger partial charge on any atom is 0.303 e. The van der Waals surface area contributed by atoms with Gasteiger partial charge in [0.15, 0.2) is 0 Å². The molecule has 0 aromatic heterocycles. The molecule has 0 spiro atoms. The second kappa shape index (κ2) is 6.90. The first-order valence-electron chi connectivity index (χ1n) is 9.64. The molecule has 3 nitrogen and oxygen atoms in total. The zero-order valence-electron chi connectivity index (χ0n) is 16.9. The van der Waals surface area contributed by atoms with Crippen LogP contribution in [0.2, 0.25) is 0 Å². The van der Waals surface area contributed by atoms with Gasteiger partial charge in [0.25, 0.3) is 0 Å². The lowest BCUT2D eigenvalue weighted by Gasteiger charge is -2.59. The number of hydrogen-bond acceptors (Lipinski definition) is 3. The average Bonchev–Trinajstić information content (AvgIpc) is 2.44. The molecule has 0 unspecified atom stereocenters. The highest BCUT2D eigenvalue weighted by Crippen LogP contribution is 2.61. The maximum absolute atomic E-state index is 11.7. The van der Waals surface area contributed by atoms with E-state index >= 15 is 0 Å². The third-order valence-corrected chi connectivity index (χ3v) is 6.87. The van der Waals surface area contributed by atoms with Crippen LogP contribution < -0.4 is 0 Å². The quantitative estimate of drug-likeness (QED) is 0.559. The van der Waals surface area contributed by atoms with Crippen molar-refractivity contribution in [1.82, 2.24) is 0 Å². The normalized spacial score (nSPS) is 36.6. The zero-order valence-corrected chi connectivity index (χ0v) is 16.9. The number of aliphatic hydroxyl groups is 1. The van der Waals surface area contributed by atoms with E-state index in [2.05, 4.69) is 40.3 Å². The molecule has 0 aromatic rings. The summed E-state index contributed by atoms with van der Waals surface area (Å²) >= 11 is 0. The van der Waals surface area contributed by atoms with Crippen LogP contribution in [0.3, 0.4) is 0 Å². The van der Waals surface area contributed by atoms with Gasteiger partial charge >= 0.3 is 5.97 Å². The molecule has 2 rings (SSSR count). The van der Waals surface area contributed by atoms with E-state index in [1.165, 1.54) is 18.9 Å². The Morgan fingerprint density at radius 1 is 1.44 bits per heavy atom. The molecule has 1 fully saturated rings. The SMILES string of the molecule is C=C[C@](C)(O)CC[C@H]1C(C)=C[C@@H](OC(C)=O)[C@H]2C(C)(C)CCC[C@]12C. The second-order valence-electron chi connectivity index (χ2n) is 9.46. The highest BCUT2D eigenvalue weighted by atomic mass is 16.5. The second-order valence-corrected chi connectivity index (χ2v) is 9.46. The smallest absolute Gasteiger partial charge is 0.303 e. The lowest BCUT2D eigenvalue weighted by Crippen LogP contribution is -2.55. The van der Waals surface area contributed by atoms with Crippen LogP contribution in [0.15, 0.2) is 24.3 Å². The van der Waals surface area contributed by atoms with Gasteiger partial charge in [-0.1, -0.05) is 38.8 Å². The number of allylic oxidation sites excluding steroid dienone is 1. The average molecular weight is 349 g/mol. The molecule has 5 atom stereocenters. The fourth-order valence-electron chi connectivity index (χ4n) is 5.72. The van der Waals surface area contributed by atoms with Gasteiger partial charge in [-0.15, -0.1) is 6.58 Å². The third kappa shape index (κ3) is 4.02. The molecule has 0 saturated heterocycles. The number of hydrogen-bond donors (Lipinski definition) is 1. The summed E-state index contributed by atoms with van der Waals surface area (Å²) in [6.45, 7) is 16.3. The summed E-state index contributed by atoms with van der Waals surface area (Å²) in [6, 6.07) is 0. The monoisotopic (exact) mass is 348 g/mol. The number of rotatable bonds is 5. The highest BCUT2D eigenvalue weighted by Gasteiger charge is 2.56. The minimum Gasteiger partial charge on any atom is -0.458 e. The maximum atomic E-state index is 11.7. The van der Waals surface area contributed by atoms with Crippen molar-refractivity contribution in [3.63, 3.8) is 0 Å². The molecule has 3 heteroatoms. The Balaban J connectivity index is 2.40. The summed E-state index contributed by atoms with van der Waals surface area (Å²) in [6.07, 6.45) is 8.81. The lowest BCUT2D eigenvalue weighted by atomic mass is 9.47. The van der Waals surface area contributed by atoms with Crippen LogP contribution in [0.1, 0.15) is 73.6 Å². The van der Waals surface area contributed by atoms with E-state index in [0.29, 0.717) is 18.3 Å². The first kappa shape index (κ1) is 20.2. The predicted octanol–water partition coefficient (Wildman–Crippen LogP) is 5.04. The Kier molecular flexibility index (Phi) is 5.59. The van der Waals surface area contributed by atoms with E-state index in [1.54, 1.807) is 6.08 Å². The van der Waals surface area contributed by atoms with Gasteiger partial charge in [0.2, 0.25) is 0 Å². The topological polar surface area (TPSA) is 46.5 Å². The van der Waals surface area contributed by atoms with Gasteiger partial charge in [0.05, 0.1) is 5.60 Å². The first-order valence-corrected chi connectivity index (χ1v) is 9.64. The van der Waals surface area contributed by atoms with Crippen LogP contribution in [-0.4, -0.2) is 22.8 Å². The van der Waals surface area contributed by atoms with E-state index in [9.17, 15) is 9.90 Å². The van der Waals surface area contributed by atoms with Crippen LogP contribution in [-0.2, 0) is 9.53 Å². The Labute approximate surface area is 153 Å². The van der Waals surface area contributed by atoms with Gasteiger partial charge in [-0.05, 0) is 62.4 Å². The molecule has 0 radical (unpaired) electrons. The van der Waals surface area contributed by atoms with E-state index < -0.39 is 5.60 Å². The van der Waals surface area contributed by atoms with Gasteiger partial charge in [0.1, 0.15) is 6.10 Å². The fraction of sp³-hybridized carbons (Fsp3) is 0.773. The fourth-order valence-corrected chi connectivity index (χ4v) is 5.72. The predicted molar refractivity (Wildman–Crippen MR) is 102 cm³/mol. The Bertz CT molecular complexity index is 558. The van der Waals surface area contributed by atoms with Crippen LogP contribution in [0.5, 0.6) is 0 Å². The molecule has 1 saturated carbocycles. The van der Waals surface area contributed by atoms with Crippen LogP contribution in [0.25, 0.3) is 0 Å². The van der Waals surface area contributed by atoms with Crippen molar-refractivity contribution in [1.29, 1.82) is 0 Å². The van der Waals surface area contributed by atoms with Crippen molar-refractivity contribution >= 4 is 5.97 Å². The number of ether oxygens (including phenoxy) is 1. The minimum atomic E-state index is -0.830. The molecule has 0 aliphatic heterocycles. The Hall–Kier alpha value is -1.09. The molecule has 142 valence electrons. The Morgan fingerprint density at radius 3 is 2.64 bits per heavy atom. The molecular formula is C22H36O3. The molecule has 2 aliphatic rings. The van der Waals surface area contributed by atoms with Crippen molar-refractivity contribution in [2.45, 2.75) is 85.4 Å². The van der Waals surface area contributed by atoms with Crippen molar-refractivity contribution in [2.24, 2.45) is 22.7 Å². The number of esters is 1. The lowest BCUT2D eigenvalue weighted by molar-refractivity contribution is -0.161. The van der Waals surface area contributed by atoms with Gasteiger partial charge in [-0.2, -0.15) is 0 Å². The van der Waals surface area contributed by atoms with Crippen LogP contribution in [0, 0.1) is 22.7 Å². The molecule has 1 N–H and O–H groups in total. The van der Waals surface area contributed by atoms with Gasteiger partial charge in [-0.3, -0.25) is 4.79 Å². The van der Waals surface area contributed by atoms with Crippen LogP contribution >= 0.6 is 0 Å². The highest BCUT2D eigenvalue weighted by molar-refractivity contribution is 5.66. The summed E-state index contributed by atoms with van der Waals surface area (Å²) in [5.41, 5.74) is 0.674. The van der Waals surface area contributed by atoms with Crippen LogP contribution in [0.4, 0.5) is 0 Å². The molecule has 0 bridgehead atoms. The molecule has 2 aliphatic carbocycles. The number of fused-ring (bicyclic) bond motifs is 1. The van der Waals surface area contributed by atoms with Gasteiger partial charge < -0.3 is 9.84 Å². The van der Waals surface area contributed by atoms with Crippen molar-refractivity contribution in [3.8, 4) is 0 Å². The summed E-state index contributed by atoms with van der Waals surface area (Å²) in [5.74, 6) is 0.501. The molecule has 25 heavy (non-hydrogen) atoms. The standard InChI is InChI=1S/C22H36O3/c1-8-21(6,24)13-10-17-15(2)14-18(25-16(3)23)19-20(4,5)11-9-12-22(17,19)7/h8,14,17-19,24H,1,9-13H2,2-7H3/t17-,18+,19-,21-,22+/m0/s1. The van der Waals surface area contributed by atoms with Gasteiger partial charge in [-0.25, -0.2) is 0 Å². The third-order valence-electron chi connectivity index (χ3n) is 6.87. The largest absolute Gasteiger partial charge is 0.458 e. The van der Waals surface area contributed by atoms with Crippen molar-refractivity contribution in [2.75, 3.05) is 0 Å². The molecule has 0 aromatic carbocycles. The zero-order chi connectivity index (χ0) is 19.0. The van der Waals surface area contributed by atoms with E-state index in [-0.39, 0.29) is 22.9 Å². The first-order chi connectivity index (χ1) is 11.4. The number of carbonyl (C=O) groups excluding carboxylic acids is 1. The molecule has 0 amide bonds. The summed E-state index contributed by atoms with van der Waals surface area (Å²) in [4.78, 5) is 11.7. The van der Waals surface area contributed by atoms with E-state index in [4.69, 9.17) is 4.74 Å². The van der Waals surface area contributed by atoms with Crippen molar-refractivity contribution < 1.29 is 14.6 Å². The van der Waals surface area contributed by atoms with Crippen molar-refractivity contribution in [3.05, 3.63) is 24.3 Å². The molecular weight excluding hydrogens is 312 g/mol. The summed E-state index contributed by atoms with van der Waals surface area (Å²) in [7, 11) is 0. The summed E-state index contributed by atoms with van der Waals surface area (Å²) in [5, 5.41) is 10.4. The summed E-state index contributed by atoms with van der Waals surface area (Å²) < 4.78 is 5.77. The van der Waals surface area contributed by atoms with Gasteiger partial charge in [0, 0.05) is 12.8 Å². The Morgan fingerprint density at radius 2 is 2.08 bits per heavy atom. The number of carbonyl (C=O) groups is 1.